The average molecular weight is 249 g/mol. The summed E-state index contributed by atoms with van der Waals surface area (Å²) in [7, 11) is 0. The monoisotopic (exact) mass is 248 g/mol. The lowest BCUT2D eigenvalue weighted by Gasteiger charge is -2.25. The molecular formula is C10H17BrO2. The van der Waals surface area contributed by atoms with Crippen molar-refractivity contribution in [2.45, 2.75) is 56.4 Å². The molecule has 0 aromatic heterocycles. The Balaban J connectivity index is 2.23. The molecular weight excluding hydrogens is 232 g/mol. The van der Waals surface area contributed by atoms with E-state index in [0.717, 1.165) is 19.3 Å². The molecule has 1 fully saturated rings. The number of hydrogen-bond acceptors (Lipinski definition) is 2. The van der Waals surface area contributed by atoms with Crippen LogP contribution in [0.2, 0.25) is 0 Å². The predicted molar refractivity (Wildman–Crippen MR) is 56.0 cm³/mol. The molecule has 1 aliphatic rings. The Labute approximate surface area is 88.2 Å². The molecule has 0 aliphatic heterocycles. The van der Waals surface area contributed by atoms with Gasteiger partial charge in [-0.2, -0.15) is 0 Å². The highest BCUT2D eigenvalue weighted by atomic mass is 79.9. The topological polar surface area (TPSA) is 26.3 Å². The summed E-state index contributed by atoms with van der Waals surface area (Å²) in [4.78, 5) is 11.7. The fourth-order valence-corrected chi connectivity index (χ4v) is 2.38. The van der Waals surface area contributed by atoms with Crippen molar-refractivity contribution in [3.63, 3.8) is 0 Å². The van der Waals surface area contributed by atoms with Gasteiger partial charge in [-0.1, -0.05) is 22.9 Å². The average Bonchev–Trinajstić information content (AvgIpc) is 2.04. The minimum absolute atomic E-state index is 0.0332. The number of esters is 1. The Morgan fingerprint density at radius 2 is 2.31 bits per heavy atom. The molecule has 0 saturated heterocycles. The summed E-state index contributed by atoms with van der Waals surface area (Å²) in [5, 5.41) is 0. The van der Waals surface area contributed by atoms with Crippen molar-refractivity contribution in [3.05, 3.63) is 0 Å². The zero-order chi connectivity index (χ0) is 9.68. The van der Waals surface area contributed by atoms with E-state index >= 15 is 0 Å². The zero-order valence-corrected chi connectivity index (χ0v) is 9.68. The van der Waals surface area contributed by atoms with Crippen molar-refractivity contribution in [3.8, 4) is 0 Å². The van der Waals surface area contributed by atoms with Gasteiger partial charge in [-0.15, -0.1) is 0 Å². The highest BCUT2D eigenvalue weighted by Crippen LogP contribution is 2.26. The SMILES string of the molecule is CCCC(=O)OC1CCCC(Br)C1. The summed E-state index contributed by atoms with van der Waals surface area (Å²) in [6.07, 6.45) is 6.00. The number of rotatable bonds is 3. The van der Waals surface area contributed by atoms with Crippen LogP contribution in [0, 0.1) is 0 Å². The summed E-state index contributed by atoms with van der Waals surface area (Å²) < 4.78 is 5.33. The van der Waals surface area contributed by atoms with Crippen molar-refractivity contribution in [1.82, 2.24) is 0 Å². The van der Waals surface area contributed by atoms with Crippen molar-refractivity contribution < 1.29 is 9.53 Å². The number of alkyl halides is 1. The first-order valence-corrected chi connectivity index (χ1v) is 5.97. The van der Waals surface area contributed by atoms with Gasteiger partial charge in [-0.05, 0) is 32.1 Å². The number of carbonyl (C=O) groups excluding carboxylic acids is 1. The van der Waals surface area contributed by atoms with E-state index in [0.29, 0.717) is 11.2 Å². The smallest absolute Gasteiger partial charge is 0.306 e. The van der Waals surface area contributed by atoms with Gasteiger partial charge in [0.25, 0.3) is 0 Å². The third-order valence-electron chi connectivity index (χ3n) is 2.31. The summed E-state index contributed by atoms with van der Waals surface area (Å²) in [5.74, 6) is -0.0332. The molecule has 0 spiro atoms. The van der Waals surface area contributed by atoms with E-state index in [9.17, 15) is 4.79 Å². The molecule has 2 nitrogen and oxygen atoms in total. The zero-order valence-electron chi connectivity index (χ0n) is 8.09. The summed E-state index contributed by atoms with van der Waals surface area (Å²) in [6.45, 7) is 2.00. The second-order valence-corrected chi connectivity index (χ2v) is 4.92. The highest BCUT2D eigenvalue weighted by molar-refractivity contribution is 9.09. The molecule has 1 saturated carbocycles. The van der Waals surface area contributed by atoms with E-state index in [1.165, 1.54) is 12.8 Å². The van der Waals surface area contributed by atoms with Crippen LogP contribution in [0.15, 0.2) is 0 Å². The molecule has 1 rings (SSSR count). The lowest BCUT2D eigenvalue weighted by Crippen LogP contribution is -2.25. The Bertz CT molecular complexity index is 170. The van der Waals surface area contributed by atoms with E-state index < -0.39 is 0 Å². The van der Waals surface area contributed by atoms with Gasteiger partial charge >= 0.3 is 5.97 Å². The van der Waals surface area contributed by atoms with Crippen molar-refractivity contribution >= 4 is 21.9 Å². The molecule has 0 aromatic rings. The molecule has 0 N–H and O–H groups in total. The summed E-state index contributed by atoms with van der Waals surface area (Å²) in [6, 6.07) is 0. The molecule has 2 unspecified atom stereocenters. The number of ether oxygens (including phenoxy) is 1. The first-order valence-electron chi connectivity index (χ1n) is 5.06. The molecule has 0 heterocycles. The lowest BCUT2D eigenvalue weighted by atomic mass is 9.97. The molecule has 0 aromatic carbocycles. The molecule has 0 amide bonds. The van der Waals surface area contributed by atoms with Gasteiger partial charge in [-0.25, -0.2) is 0 Å². The molecule has 76 valence electrons. The first-order chi connectivity index (χ1) is 6.22. The molecule has 3 heteroatoms. The summed E-state index contributed by atoms with van der Waals surface area (Å²) >= 11 is 3.57. The third-order valence-corrected chi connectivity index (χ3v) is 3.15. The normalized spacial score (nSPS) is 28.5. The molecule has 0 bridgehead atoms. The fraction of sp³-hybridized carbons (Fsp3) is 0.900. The van der Waals surface area contributed by atoms with Crippen LogP contribution in [0.25, 0.3) is 0 Å². The Hall–Kier alpha value is -0.0500. The van der Waals surface area contributed by atoms with Gasteiger partial charge in [0.15, 0.2) is 0 Å². The maximum atomic E-state index is 11.2. The first kappa shape index (κ1) is 11.0. The van der Waals surface area contributed by atoms with Gasteiger partial charge in [0.1, 0.15) is 6.10 Å². The molecule has 1 aliphatic carbocycles. The van der Waals surface area contributed by atoms with E-state index in [1.807, 2.05) is 6.92 Å². The van der Waals surface area contributed by atoms with Crippen LogP contribution >= 0.6 is 15.9 Å². The van der Waals surface area contributed by atoms with Gasteiger partial charge in [-0.3, -0.25) is 4.79 Å². The number of hydrogen-bond donors (Lipinski definition) is 0. The number of carbonyl (C=O) groups is 1. The molecule has 13 heavy (non-hydrogen) atoms. The van der Waals surface area contributed by atoms with Gasteiger partial charge in [0.05, 0.1) is 0 Å². The largest absolute Gasteiger partial charge is 0.462 e. The van der Waals surface area contributed by atoms with E-state index in [4.69, 9.17) is 4.74 Å². The minimum Gasteiger partial charge on any atom is -0.462 e. The Kier molecular flexibility index (Phi) is 4.78. The predicted octanol–water partition coefficient (Wildman–Crippen LogP) is 3.04. The van der Waals surface area contributed by atoms with Crippen LogP contribution in [0.3, 0.4) is 0 Å². The van der Waals surface area contributed by atoms with Crippen LogP contribution in [0.1, 0.15) is 45.4 Å². The summed E-state index contributed by atoms with van der Waals surface area (Å²) in [5.41, 5.74) is 0. The van der Waals surface area contributed by atoms with Crippen molar-refractivity contribution in [2.75, 3.05) is 0 Å². The van der Waals surface area contributed by atoms with Crippen LogP contribution in [-0.2, 0) is 9.53 Å². The van der Waals surface area contributed by atoms with Gasteiger partial charge in [0, 0.05) is 11.2 Å². The minimum atomic E-state index is -0.0332. The second kappa shape index (κ2) is 5.63. The van der Waals surface area contributed by atoms with E-state index in [2.05, 4.69) is 15.9 Å². The fourth-order valence-electron chi connectivity index (χ4n) is 1.64. The highest BCUT2D eigenvalue weighted by Gasteiger charge is 2.22. The van der Waals surface area contributed by atoms with Crippen LogP contribution in [0.4, 0.5) is 0 Å². The standard InChI is InChI=1S/C10H17BrO2/c1-2-4-10(12)13-9-6-3-5-8(11)7-9/h8-9H,2-7H2,1H3. The van der Waals surface area contributed by atoms with Crippen molar-refractivity contribution in [2.24, 2.45) is 0 Å². The van der Waals surface area contributed by atoms with E-state index in [-0.39, 0.29) is 12.1 Å². The maximum Gasteiger partial charge on any atom is 0.306 e. The van der Waals surface area contributed by atoms with Crippen LogP contribution in [-0.4, -0.2) is 16.9 Å². The van der Waals surface area contributed by atoms with E-state index in [1.54, 1.807) is 0 Å². The van der Waals surface area contributed by atoms with Gasteiger partial charge < -0.3 is 4.74 Å². The molecule has 0 radical (unpaired) electrons. The Morgan fingerprint density at radius 3 is 2.92 bits per heavy atom. The van der Waals surface area contributed by atoms with Crippen LogP contribution < -0.4 is 0 Å². The molecule has 2 atom stereocenters. The quantitative estimate of drug-likeness (QED) is 0.567. The maximum absolute atomic E-state index is 11.2. The number of halogens is 1. The van der Waals surface area contributed by atoms with Gasteiger partial charge in [0.2, 0.25) is 0 Å². The second-order valence-electron chi connectivity index (χ2n) is 3.63. The van der Waals surface area contributed by atoms with Crippen molar-refractivity contribution in [1.29, 1.82) is 0 Å². The third kappa shape index (κ3) is 4.12. The Morgan fingerprint density at radius 1 is 1.54 bits per heavy atom. The lowest BCUT2D eigenvalue weighted by molar-refractivity contribution is -0.150. The van der Waals surface area contributed by atoms with Crippen LogP contribution in [0.5, 0.6) is 0 Å².